The quantitative estimate of drug-likeness (QED) is 0.633. The lowest BCUT2D eigenvalue weighted by Gasteiger charge is -2.10. The van der Waals surface area contributed by atoms with Crippen LogP contribution in [0.3, 0.4) is 0 Å². The van der Waals surface area contributed by atoms with Gasteiger partial charge in [0.15, 0.2) is 12.6 Å². The molecule has 0 aliphatic carbocycles. The maximum absolute atomic E-state index is 10.5. The van der Waals surface area contributed by atoms with Crippen LogP contribution in [0.1, 0.15) is 5.56 Å². The van der Waals surface area contributed by atoms with Gasteiger partial charge in [0.05, 0.1) is 23.8 Å². The predicted molar refractivity (Wildman–Crippen MR) is 84.8 cm³/mol. The highest BCUT2D eigenvalue weighted by molar-refractivity contribution is 9.10. The summed E-state index contributed by atoms with van der Waals surface area (Å²) >= 11 is 3.45. The van der Waals surface area contributed by atoms with E-state index in [-0.39, 0.29) is 0 Å². The number of aliphatic imine (C=N–C) groups is 2. The average Bonchev–Trinajstić information content (AvgIpc) is 2.44. The zero-order valence-electron chi connectivity index (χ0n) is 10.7. The first-order valence-corrected chi connectivity index (χ1v) is 6.66. The molecule has 0 amide bonds. The zero-order valence-corrected chi connectivity index (χ0v) is 12.3. The molecule has 100 valence electrons. The fourth-order valence-electron chi connectivity index (χ4n) is 2.07. The molecule has 4 nitrogen and oxygen atoms in total. The van der Waals surface area contributed by atoms with E-state index in [9.17, 15) is 9.59 Å². The summed E-state index contributed by atoms with van der Waals surface area (Å²) in [6.07, 6.45) is 3.69. The van der Waals surface area contributed by atoms with E-state index in [1.165, 1.54) is 12.4 Å². The number of carbonyl (C=O) groups excluding carboxylic acids is 2. The molecule has 0 N–H and O–H groups in total. The van der Waals surface area contributed by atoms with Gasteiger partial charge in [-0.05, 0) is 40.5 Å². The highest BCUT2D eigenvalue weighted by Gasteiger charge is 2.10. The monoisotopic (exact) mass is 330 g/mol. The molecule has 0 aliphatic rings. The van der Waals surface area contributed by atoms with E-state index < -0.39 is 0 Å². The number of rotatable bonds is 4. The van der Waals surface area contributed by atoms with E-state index >= 15 is 0 Å². The van der Waals surface area contributed by atoms with Gasteiger partial charge in [0.1, 0.15) is 0 Å². The lowest BCUT2D eigenvalue weighted by Crippen LogP contribution is -1.84. The molecule has 2 aromatic rings. The Kier molecular flexibility index (Phi) is 4.53. The third-order valence-corrected chi connectivity index (χ3v) is 3.40. The number of carbonyl (C=O) groups is 2. The largest absolute Gasteiger partial charge is 0.297 e. The van der Waals surface area contributed by atoms with Crippen LogP contribution in [0, 0.1) is 6.92 Å². The topological polar surface area (TPSA) is 58.9 Å². The number of nitrogens with zero attached hydrogens (tertiary/aromatic N) is 2. The molecule has 0 spiro atoms. The first-order chi connectivity index (χ1) is 9.69. The van der Waals surface area contributed by atoms with Gasteiger partial charge in [-0.2, -0.15) is 0 Å². The predicted octanol–water partition coefficient (Wildman–Crippen LogP) is 3.71. The molecular weight excluding hydrogens is 320 g/mol. The van der Waals surface area contributed by atoms with Crippen LogP contribution in [0.15, 0.2) is 38.7 Å². The SMILES string of the molecule is Cc1cc(Br)c(N=CC=O)c2cccc(N=CC=O)c12. The van der Waals surface area contributed by atoms with Gasteiger partial charge in [0.2, 0.25) is 0 Å². The normalized spacial score (nSPS) is 11.5. The van der Waals surface area contributed by atoms with Gasteiger partial charge in [-0.25, -0.2) is 0 Å². The first kappa shape index (κ1) is 14.3. The van der Waals surface area contributed by atoms with Crippen molar-refractivity contribution in [3.63, 3.8) is 0 Å². The van der Waals surface area contributed by atoms with E-state index in [0.717, 1.165) is 20.8 Å². The second-order valence-electron chi connectivity index (χ2n) is 4.05. The van der Waals surface area contributed by atoms with Crippen molar-refractivity contribution in [1.29, 1.82) is 0 Å². The molecule has 20 heavy (non-hydrogen) atoms. The molecule has 0 fully saturated rings. The molecule has 5 heteroatoms. The minimum atomic E-state index is 0.631. The van der Waals surface area contributed by atoms with Gasteiger partial charge in [0, 0.05) is 15.2 Å². The van der Waals surface area contributed by atoms with E-state index in [0.29, 0.717) is 23.9 Å². The van der Waals surface area contributed by atoms with Crippen LogP contribution in [-0.2, 0) is 9.59 Å². The Morgan fingerprint density at radius 1 is 1.10 bits per heavy atom. The molecule has 0 heterocycles. The third-order valence-electron chi connectivity index (χ3n) is 2.80. The van der Waals surface area contributed by atoms with Crippen LogP contribution in [0.4, 0.5) is 11.4 Å². The number of aryl methyl sites for hydroxylation is 1. The number of hydrogen-bond donors (Lipinski definition) is 0. The van der Waals surface area contributed by atoms with Crippen LogP contribution in [-0.4, -0.2) is 25.0 Å². The Morgan fingerprint density at radius 3 is 2.50 bits per heavy atom. The number of fused-ring (bicyclic) bond motifs is 1. The second kappa shape index (κ2) is 6.34. The first-order valence-electron chi connectivity index (χ1n) is 5.86. The Morgan fingerprint density at radius 2 is 1.80 bits per heavy atom. The molecule has 0 saturated heterocycles. The fraction of sp³-hybridized carbons (Fsp3) is 0.0667. The van der Waals surface area contributed by atoms with Gasteiger partial charge >= 0.3 is 0 Å². The van der Waals surface area contributed by atoms with Crippen molar-refractivity contribution in [2.45, 2.75) is 6.92 Å². The van der Waals surface area contributed by atoms with Gasteiger partial charge in [-0.3, -0.25) is 19.6 Å². The lowest BCUT2D eigenvalue weighted by molar-refractivity contribution is -0.103. The standard InChI is InChI=1S/C15H11BrN2O2/c1-10-9-12(16)15(18-6-8-20)11-3-2-4-13(14(10)11)17-5-7-19/h2-9H,1H3. The van der Waals surface area contributed by atoms with Crippen molar-refractivity contribution in [3.05, 3.63) is 34.3 Å². The van der Waals surface area contributed by atoms with Gasteiger partial charge < -0.3 is 0 Å². The highest BCUT2D eigenvalue weighted by atomic mass is 79.9. The van der Waals surface area contributed by atoms with Gasteiger partial charge in [0.25, 0.3) is 0 Å². The summed E-state index contributed by atoms with van der Waals surface area (Å²) in [5, 5.41) is 1.78. The minimum absolute atomic E-state index is 0.631. The molecule has 0 bridgehead atoms. The van der Waals surface area contributed by atoms with Gasteiger partial charge in [-0.15, -0.1) is 0 Å². The maximum Gasteiger partial charge on any atom is 0.161 e. The van der Waals surface area contributed by atoms with E-state index in [2.05, 4.69) is 25.9 Å². The molecule has 0 radical (unpaired) electrons. The average molecular weight is 331 g/mol. The molecule has 0 aliphatic heterocycles. The van der Waals surface area contributed by atoms with Crippen molar-refractivity contribution in [1.82, 2.24) is 0 Å². The third kappa shape index (κ3) is 2.72. The second-order valence-corrected chi connectivity index (χ2v) is 4.91. The van der Waals surface area contributed by atoms with Crippen molar-refractivity contribution < 1.29 is 9.59 Å². The summed E-state index contributed by atoms with van der Waals surface area (Å²) in [5.74, 6) is 0. The maximum atomic E-state index is 10.5. The zero-order chi connectivity index (χ0) is 14.5. The molecule has 2 rings (SSSR count). The Hall–Kier alpha value is -2.14. The van der Waals surface area contributed by atoms with Crippen LogP contribution in [0.5, 0.6) is 0 Å². The minimum Gasteiger partial charge on any atom is -0.297 e. The Balaban J connectivity index is 2.83. The number of halogens is 1. The fourth-order valence-corrected chi connectivity index (χ4v) is 2.72. The van der Waals surface area contributed by atoms with E-state index in [1.54, 1.807) is 0 Å². The molecule has 0 aromatic heterocycles. The lowest BCUT2D eigenvalue weighted by atomic mass is 10.0. The van der Waals surface area contributed by atoms with Crippen molar-refractivity contribution in [2.24, 2.45) is 9.98 Å². The van der Waals surface area contributed by atoms with E-state index in [1.807, 2.05) is 31.2 Å². The Bertz CT molecular complexity index is 736. The Labute approximate surface area is 124 Å². The smallest absolute Gasteiger partial charge is 0.161 e. The summed E-state index contributed by atoms with van der Waals surface area (Å²) in [6, 6.07) is 7.49. The number of aldehydes is 2. The molecular formula is C15H11BrN2O2. The van der Waals surface area contributed by atoms with E-state index in [4.69, 9.17) is 0 Å². The summed E-state index contributed by atoms with van der Waals surface area (Å²) in [7, 11) is 0. The summed E-state index contributed by atoms with van der Waals surface area (Å²) < 4.78 is 0.803. The van der Waals surface area contributed by atoms with Crippen molar-refractivity contribution >= 4 is 63.1 Å². The number of benzene rings is 2. The summed E-state index contributed by atoms with van der Waals surface area (Å²) in [6.45, 7) is 1.96. The van der Waals surface area contributed by atoms with Crippen LogP contribution >= 0.6 is 15.9 Å². The van der Waals surface area contributed by atoms with Gasteiger partial charge in [-0.1, -0.05) is 12.1 Å². The highest BCUT2D eigenvalue weighted by Crippen LogP contribution is 2.39. The van der Waals surface area contributed by atoms with Crippen LogP contribution in [0.25, 0.3) is 10.8 Å². The van der Waals surface area contributed by atoms with Crippen molar-refractivity contribution in [3.8, 4) is 0 Å². The molecule has 2 aromatic carbocycles. The molecule has 0 atom stereocenters. The molecule has 0 unspecified atom stereocenters. The van der Waals surface area contributed by atoms with Crippen LogP contribution in [0.2, 0.25) is 0 Å². The molecule has 0 saturated carbocycles. The number of hydrogen-bond acceptors (Lipinski definition) is 4. The van der Waals surface area contributed by atoms with Crippen molar-refractivity contribution in [2.75, 3.05) is 0 Å². The summed E-state index contributed by atoms with van der Waals surface area (Å²) in [5.41, 5.74) is 2.37. The van der Waals surface area contributed by atoms with Crippen LogP contribution < -0.4 is 0 Å². The summed E-state index contributed by atoms with van der Waals surface area (Å²) in [4.78, 5) is 29.2.